The lowest BCUT2D eigenvalue weighted by Crippen LogP contribution is -2.19. The molecule has 0 aliphatic heterocycles. The fraction of sp³-hybridized carbons (Fsp3) is 0.333. The molecule has 1 atom stereocenters. The van der Waals surface area contributed by atoms with Gasteiger partial charge in [-0.25, -0.2) is 14.2 Å². The highest BCUT2D eigenvalue weighted by atomic mass is 79.9. The maximum absolute atomic E-state index is 13.5. The van der Waals surface area contributed by atoms with Gasteiger partial charge in [-0.1, -0.05) is 0 Å². The van der Waals surface area contributed by atoms with Crippen LogP contribution in [0.5, 0.6) is 0 Å². The number of hydrogen-bond acceptors (Lipinski definition) is 3. The summed E-state index contributed by atoms with van der Waals surface area (Å²) in [5.41, 5.74) is 1.08. The molecule has 0 saturated carbocycles. The number of halogens is 3. The molecule has 0 fully saturated rings. The van der Waals surface area contributed by atoms with Gasteiger partial charge in [0.25, 0.3) is 0 Å². The Morgan fingerprint density at radius 3 is 2.89 bits per heavy atom. The van der Waals surface area contributed by atoms with Crippen LogP contribution in [0.3, 0.4) is 0 Å². The maximum atomic E-state index is 13.5. The number of hydrogen-bond donors (Lipinski definition) is 0. The first-order valence-electron chi connectivity index (χ1n) is 5.49. The lowest BCUT2D eigenvalue weighted by molar-refractivity contribution is -0.143. The summed E-state index contributed by atoms with van der Waals surface area (Å²) < 4.78 is 20.2. The van der Waals surface area contributed by atoms with Crippen LogP contribution in [0.15, 0.2) is 16.6 Å². The van der Waals surface area contributed by atoms with Crippen molar-refractivity contribution in [3.05, 3.63) is 28.2 Å². The Labute approximate surface area is 122 Å². The van der Waals surface area contributed by atoms with Gasteiger partial charge < -0.3 is 9.30 Å². The monoisotopic (exact) mass is 348 g/mol. The van der Waals surface area contributed by atoms with Crippen LogP contribution in [0, 0.1) is 5.82 Å². The number of nitrogens with zero attached hydrogens (tertiary/aromatic N) is 2. The van der Waals surface area contributed by atoms with Crippen molar-refractivity contribution in [3.8, 4) is 0 Å². The van der Waals surface area contributed by atoms with Crippen molar-refractivity contribution in [3.63, 3.8) is 0 Å². The molecule has 1 aromatic heterocycles. The highest BCUT2D eigenvalue weighted by Crippen LogP contribution is 2.27. The van der Waals surface area contributed by atoms with Crippen molar-refractivity contribution in [1.82, 2.24) is 9.55 Å². The highest BCUT2D eigenvalue weighted by molar-refractivity contribution is 9.10. The molecule has 0 bridgehead atoms. The lowest BCUT2D eigenvalue weighted by Gasteiger charge is -2.14. The van der Waals surface area contributed by atoms with Gasteiger partial charge in [-0.3, -0.25) is 0 Å². The van der Waals surface area contributed by atoms with E-state index < -0.39 is 17.8 Å². The summed E-state index contributed by atoms with van der Waals surface area (Å²) in [6.45, 7) is 1.68. The summed E-state index contributed by atoms with van der Waals surface area (Å²) in [6.07, 6.45) is 0. The van der Waals surface area contributed by atoms with Crippen molar-refractivity contribution < 1.29 is 13.9 Å². The van der Waals surface area contributed by atoms with Crippen molar-refractivity contribution in [2.45, 2.75) is 18.8 Å². The van der Waals surface area contributed by atoms with Crippen molar-refractivity contribution >= 4 is 44.5 Å². The summed E-state index contributed by atoms with van der Waals surface area (Å²) in [5, 5.41) is 0. The molecule has 1 heterocycles. The minimum absolute atomic E-state index is 0.120. The van der Waals surface area contributed by atoms with E-state index in [9.17, 15) is 9.18 Å². The van der Waals surface area contributed by atoms with Crippen LogP contribution in [0.4, 0.5) is 4.39 Å². The molecule has 2 rings (SSSR count). The number of fused-ring (bicyclic) bond motifs is 1. The standard InChI is InChI=1S/C12H11BrClFN2O2/c1-6(12(18)19-2)17-10-3-7(13)8(15)4-9(10)16-11(17)5-14/h3-4,6H,5H2,1-2H3. The zero-order valence-corrected chi connectivity index (χ0v) is 12.6. The molecule has 0 spiro atoms. The molecule has 0 aliphatic rings. The number of alkyl halides is 1. The molecule has 1 unspecified atom stereocenters. The van der Waals surface area contributed by atoms with Crippen molar-refractivity contribution in [1.29, 1.82) is 0 Å². The van der Waals surface area contributed by atoms with Crippen molar-refractivity contribution in [2.24, 2.45) is 0 Å². The Hall–Kier alpha value is -1.14. The first-order valence-corrected chi connectivity index (χ1v) is 6.82. The number of benzene rings is 1. The normalized spacial score (nSPS) is 12.7. The summed E-state index contributed by atoms with van der Waals surface area (Å²) >= 11 is 8.95. The minimum atomic E-state index is -0.582. The Kier molecular flexibility index (Phi) is 4.10. The summed E-state index contributed by atoms with van der Waals surface area (Å²) in [6, 6.07) is 2.30. The van der Waals surface area contributed by atoms with Gasteiger partial charge in [0.1, 0.15) is 17.7 Å². The van der Waals surface area contributed by atoms with E-state index in [1.807, 2.05) is 0 Å². The van der Waals surface area contributed by atoms with Gasteiger partial charge >= 0.3 is 5.97 Å². The van der Waals surface area contributed by atoms with Gasteiger partial charge in [-0.05, 0) is 28.9 Å². The van der Waals surface area contributed by atoms with E-state index in [0.717, 1.165) is 0 Å². The number of ether oxygens (including phenoxy) is 1. The van der Waals surface area contributed by atoms with Gasteiger partial charge in [-0.2, -0.15) is 0 Å². The van der Waals surface area contributed by atoms with E-state index in [4.69, 9.17) is 16.3 Å². The fourth-order valence-corrected chi connectivity index (χ4v) is 2.46. The molecule has 1 aromatic carbocycles. The number of aromatic nitrogens is 2. The van der Waals surface area contributed by atoms with Gasteiger partial charge in [0, 0.05) is 6.07 Å². The SMILES string of the molecule is COC(=O)C(C)n1c(CCl)nc2cc(F)c(Br)cc21. The zero-order chi connectivity index (χ0) is 14.2. The number of carbonyl (C=O) groups is 1. The first-order chi connectivity index (χ1) is 8.99. The van der Waals surface area contributed by atoms with E-state index in [1.54, 1.807) is 17.6 Å². The third-order valence-corrected chi connectivity index (χ3v) is 3.70. The second kappa shape index (κ2) is 5.46. The molecule has 0 amide bonds. The zero-order valence-electron chi connectivity index (χ0n) is 10.3. The second-order valence-electron chi connectivity index (χ2n) is 3.99. The predicted molar refractivity (Wildman–Crippen MR) is 73.7 cm³/mol. The predicted octanol–water partition coefficient (Wildman–Crippen LogP) is 3.41. The molecule has 0 aliphatic carbocycles. The Bertz CT molecular complexity index is 644. The van der Waals surface area contributed by atoms with Crippen LogP contribution >= 0.6 is 27.5 Å². The average molecular weight is 350 g/mol. The van der Waals surface area contributed by atoms with E-state index in [2.05, 4.69) is 20.9 Å². The van der Waals surface area contributed by atoms with Crippen LogP contribution in [-0.2, 0) is 15.4 Å². The van der Waals surface area contributed by atoms with Gasteiger partial charge in [-0.15, -0.1) is 11.6 Å². The van der Waals surface area contributed by atoms with Crippen LogP contribution in [0.25, 0.3) is 11.0 Å². The number of imidazole rings is 1. The van der Waals surface area contributed by atoms with Gasteiger partial charge in [0.15, 0.2) is 0 Å². The van der Waals surface area contributed by atoms with Gasteiger partial charge in [0.05, 0.1) is 28.5 Å². The summed E-state index contributed by atoms with van der Waals surface area (Å²) in [5.74, 6) is -0.211. The molecular formula is C12H11BrClFN2O2. The smallest absolute Gasteiger partial charge is 0.328 e. The van der Waals surface area contributed by atoms with Crippen molar-refractivity contribution in [2.75, 3.05) is 7.11 Å². The summed E-state index contributed by atoms with van der Waals surface area (Å²) in [7, 11) is 1.31. The van der Waals surface area contributed by atoms with Crippen LogP contribution in [0.2, 0.25) is 0 Å². The Morgan fingerprint density at radius 1 is 1.63 bits per heavy atom. The second-order valence-corrected chi connectivity index (χ2v) is 5.11. The van der Waals surface area contributed by atoms with E-state index in [1.165, 1.54) is 13.2 Å². The van der Waals surface area contributed by atoms with E-state index in [0.29, 0.717) is 21.3 Å². The molecule has 0 N–H and O–H groups in total. The number of methoxy groups -OCH3 is 1. The molecule has 4 nitrogen and oxygen atoms in total. The quantitative estimate of drug-likeness (QED) is 0.630. The average Bonchev–Trinajstić information content (AvgIpc) is 2.75. The number of esters is 1. The largest absolute Gasteiger partial charge is 0.467 e. The number of carbonyl (C=O) groups excluding carboxylic acids is 1. The molecular weight excluding hydrogens is 338 g/mol. The third-order valence-electron chi connectivity index (χ3n) is 2.85. The minimum Gasteiger partial charge on any atom is -0.467 e. The highest BCUT2D eigenvalue weighted by Gasteiger charge is 2.22. The summed E-state index contributed by atoms with van der Waals surface area (Å²) in [4.78, 5) is 15.9. The first kappa shape index (κ1) is 14.3. The topological polar surface area (TPSA) is 44.1 Å². The Balaban J connectivity index is 2.70. The lowest BCUT2D eigenvalue weighted by atomic mass is 10.2. The van der Waals surface area contributed by atoms with Crippen LogP contribution < -0.4 is 0 Å². The molecule has 102 valence electrons. The Morgan fingerprint density at radius 2 is 2.32 bits per heavy atom. The maximum Gasteiger partial charge on any atom is 0.328 e. The van der Waals surface area contributed by atoms with E-state index in [-0.39, 0.29) is 5.88 Å². The molecule has 0 saturated heterocycles. The van der Waals surface area contributed by atoms with E-state index >= 15 is 0 Å². The third kappa shape index (κ3) is 2.47. The van der Waals surface area contributed by atoms with Gasteiger partial charge in [0.2, 0.25) is 0 Å². The molecule has 2 aromatic rings. The van der Waals surface area contributed by atoms with Crippen LogP contribution in [0.1, 0.15) is 18.8 Å². The molecule has 0 radical (unpaired) electrons. The van der Waals surface area contributed by atoms with Crippen LogP contribution in [-0.4, -0.2) is 22.6 Å². The fourth-order valence-electron chi connectivity index (χ4n) is 1.94. The molecule has 19 heavy (non-hydrogen) atoms. The number of rotatable bonds is 3. The molecule has 7 heteroatoms.